The van der Waals surface area contributed by atoms with Gasteiger partial charge in [-0.2, -0.15) is 0 Å². The van der Waals surface area contributed by atoms with Gasteiger partial charge in [-0.15, -0.1) is 0 Å². The van der Waals surface area contributed by atoms with Gasteiger partial charge in [-0.05, 0) is 25.1 Å². The van der Waals surface area contributed by atoms with E-state index in [-0.39, 0.29) is 5.91 Å². The first kappa shape index (κ1) is 12.6. The number of aryl methyl sites for hydroxylation is 1. The van der Waals surface area contributed by atoms with Crippen molar-refractivity contribution in [1.29, 1.82) is 0 Å². The van der Waals surface area contributed by atoms with Crippen molar-refractivity contribution in [2.75, 3.05) is 5.75 Å². The van der Waals surface area contributed by atoms with E-state index in [0.29, 0.717) is 17.5 Å². The summed E-state index contributed by atoms with van der Waals surface area (Å²) in [7, 11) is 0. The van der Waals surface area contributed by atoms with E-state index in [9.17, 15) is 4.79 Å². The minimum atomic E-state index is -0.0680. The summed E-state index contributed by atoms with van der Waals surface area (Å²) in [6.07, 6.45) is 3.27. The SMILES string of the molecule is Cc1ccnc(SCC(=O)NCc2ccco2)n1. The number of thioether (sulfide) groups is 1. The molecule has 2 rings (SSSR count). The predicted molar refractivity (Wildman–Crippen MR) is 68.0 cm³/mol. The maximum atomic E-state index is 11.6. The van der Waals surface area contributed by atoms with Gasteiger partial charge in [0.2, 0.25) is 5.91 Å². The van der Waals surface area contributed by atoms with E-state index in [1.165, 1.54) is 11.8 Å². The molecule has 2 aromatic heterocycles. The van der Waals surface area contributed by atoms with Gasteiger partial charge in [0, 0.05) is 11.9 Å². The summed E-state index contributed by atoms with van der Waals surface area (Å²) in [6.45, 7) is 2.30. The van der Waals surface area contributed by atoms with Crippen LogP contribution in [0.5, 0.6) is 0 Å². The topological polar surface area (TPSA) is 68.0 Å². The molecule has 2 heterocycles. The number of nitrogens with zero attached hydrogens (tertiary/aromatic N) is 2. The monoisotopic (exact) mass is 263 g/mol. The average molecular weight is 263 g/mol. The zero-order valence-electron chi connectivity index (χ0n) is 9.92. The minimum Gasteiger partial charge on any atom is -0.467 e. The summed E-state index contributed by atoms with van der Waals surface area (Å²) in [5.74, 6) is 0.964. The third kappa shape index (κ3) is 3.89. The lowest BCUT2D eigenvalue weighted by Crippen LogP contribution is -2.24. The van der Waals surface area contributed by atoms with Crippen LogP contribution in [0.15, 0.2) is 40.2 Å². The molecule has 0 unspecified atom stereocenters. The molecule has 2 aromatic rings. The van der Waals surface area contributed by atoms with E-state index in [1.54, 1.807) is 18.5 Å². The van der Waals surface area contributed by atoms with Crippen LogP contribution in [0, 0.1) is 6.92 Å². The molecule has 0 radical (unpaired) electrons. The van der Waals surface area contributed by atoms with Gasteiger partial charge in [0.05, 0.1) is 18.6 Å². The zero-order chi connectivity index (χ0) is 12.8. The standard InChI is InChI=1S/C12H13N3O2S/c1-9-4-5-13-12(15-9)18-8-11(16)14-7-10-3-2-6-17-10/h2-6H,7-8H2,1H3,(H,14,16). The Balaban J connectivity index is 1.75. The van der Waals surface area contributed by atoms with Crippen LogP contribution in [0.1, 0.15) is 11.5 Å². The molecule has 0 saturated carbocycles. The molecule has 0 saturated heterocycles. The summed E-state index contributed by atoms with van der Waals surface area (Å²) < 4.78 is 5.12. The minimum absolute atomic E-state index is 0.0680. The van der Waals surface area contributed by atoms with Gasteiger partial charge in [0.15, 0.2) is 5.16 Å². The molecule has 0 fully saturated rings. The summed E-state index contributed by atoms with van der Waals surface area (Å²) >= 11 is 1.32. The average Bonchev–Trinajstić information content (AvgIpc) is 2.87. The Labute approximate surface area is 109 Å². The predicted octanol–water partition coefficient (Wildman–Crippen LogP) is 1.79. The maximum absolute atomic E-state index is 11.6. The summed E-state index contributed by atoms with van der Waals surface area (Å²) in [5.41, 5.74) is 0.892. The Hall–Kier alpha value is -1.82. The van der Waals surface area contributed by atoms with Crippen molar-refractivity contribution in [2.45, 2.75) is 18.6 Å². The second-order valence-electron chi connectivity index (χ2n) is 3.63. The van der Waals surface area contributed by atoms with Crippen LogP contribution in [-0.2, 0) is 11.3 Å². The molecule has 18 heavy (non-hydrogen) atoms. The number of hydrogen-bond acceptors (Lipinski definition) is 5. The molecule has 0 atom stereocenters. The van der Waals surface area contributed by atoms with E-state index < -0.39 is 0 Å². The first-order chi connectivity index (χ1) is 8.74. The first-order valence-electron chi connectivity index (χ1n) is 5.45. The van der Waals surface area contributed by atoms with Crippen LogP contribution in [0.25, 0.3) is 0 Å². The Morgan fingerprint density at radius 3 is 3.11 bits per heavy atom. The van der Waals surface area contributed by atoms with Gasteiger partial charge in [-0.1, -0.05) is 11.8 Å². The highest BCUT2D eigenvalue weighted by Gasteiger charge is 2.05. The summed E-state index contributed by atoms with van der Waals surface area (Å²) in [5, 5.41) is 3.37. The molecule has 6 heteroatoms. The third-order valence-corrected chi connectivity index (χ3v) is 3.01. The van der Waals surface area contributed by atoms with Crippen molar-refractivity contribution in [2.24, 2.45) is 0 Å². The lowest BCUT2D eigenvalue weighted by Gasteiger charge is -2.02. The largest absolute Gasteiger partial charge is 0.467 e. The molecular formula is C12H13N3O2S. The van der Waals surface area contributed by atoms with Gasteiger partial charge in [0.25, 0.3) is 0 Å². The van der Waals surface area contributed by atoms with Crippen molar-refractivity contribution >= 4 is 17.7 Å². The van der Waals surface area contributed by atoms with Crippen molar-refractivity contribution < 1.29 is 9.21 Å². The van der Waals surface area contributed by atoms with Gasteiger partial charge < -0.3 is 9.73 Å². The van der Waals surface area contributed by atoms with Crippen LogP contribution < -0.4 is 5.32 Å². The number of carbonyl (C=O) groups is 1. The number of carbonyl (C=O) groups excluding carboxylic acids is 1. The van der Waals surface area contributed by atoms with Gasteiger partial charge in [-0.3, -0.25) is 4.79 Å². The molecule has 0 aliphatic rings. The van der Waals surface area contributed by atoms with E-state index in [1.807, 2.05) is 19.1 Å². The van der Waals surface area contributed by atoms with Crippen molar-refractivity contribution in [3.63, 3.8) is 0 Å². The second kappa shape index (κ2) is 6.20. The maximum Gasteiger partial charge on any atom is 0.230 e. The molecule has 0 aromatic carbocycles. The quantitative estimate of drug-likeness (QED) is 0.658. The fourth-order valence-corrected chi connectivity index (χ4v) is 1.98. The van der Waals surface area contributed by atoms with E-state index in [2.05, 4.69) is 15.3 Å². The summed E-state index contributed by atoms with van der Waals surface area (Å²) in [6, 6.07) is 5.43. The number of aromatic nitrogens is 2. The smallest absolute Gasteiger partial charge is 0.230 e. The molecule has 1 amide bonds. The summed E-state index contributed by atoms with van der Waals surface area (Å²) in [4.78, 5) is 19.9. The molecular weight excluding hydrogens is 250 g/mol. The van der Waals surface area contributed by atoms with Gasteiger partial charge in [0.1, 0.15) is 5.76 Å². The lowest BCUT2D eigenvalue weighted by atomic mass is 10.4. The Morgan fingerprint density at radius 2 is 2.39 bits per heavy atom. The molecule has 94 valence electrons. The van der Waals surface area contributed by atoms with Crippen LogP contribution in [0.2, 0.25) is 0 Å². The van der Waals surface area contributed by atoms with Crippen LogP contribution >= 0.6 is 11.8 Å². The van der Waals surface area contributed by atoms with E-state index in [0.717, 1.165) is 11.5 Å². The Kier molecular flexibility index (Phi) is 4.35. The normalized spacial score (nSPS) is 10.3. The van der Waals surface area contributed by atoms with Gasteiger partial charge >= 0.3 is 0 Å². The third-order valence-electron chi connectivity index (χ3n) is 2.14. The van der Waals surface area contributed by atoms with Crippen LogP contribution in [0.3, 0.4) is 0 Å². The number of rotatable bonds is 5. The van der Waals surface area contributed by atoms with E-state index in [4.69, 9.17) is 4.42 Å². The second-order valence-corrected chi connectivity index (χ2v) is 4.57. The molecule has 0 spiro atoms. The van der Waals surface area contributed by atoms with Crippen molar-refractivity contribution in [3.8, 4) is 0 Å². The zero-order valence-corrected chi connectivity index (χ0v) is 10.7. The number of hydrogen-bond donors (Lipinski definition) is 1. The fraction of sp³-hybridized carbons (Fsp3) is 0.250. The fourth-order valence-electron chi connectivity index (χ4n) is 1.28. The highest BCUT2D eigenvalue weighted by molar-refractivity contribution is 7.99. The van der Waals surface area contributed by atoms with Crippen molar-refractivity contribution in [1.82, 2.24) is 15.3 Å². The van der Waals surface area contributed by atoms with Crippen LogP contribution in [-0.4, -0.2) is 21.6 Å². The number of nitrogens with one attached hydrogen (secondary N) is 1. The van der Waals surface area contributed by atoms with E-state index >= 15 is 0 Å². The lowest BCUT2D eigenvalue weighted by molar-refractivity contribution is -0.118. The highest BCUT2D eigenvalue weighted by atomic mass is 32.2. The molecule has 1 N–H and O–H groups in total. The number of furan rings is 1. The molecule has 0 aliphatic heterocycles. The van der Waals surface area contributed by atoms with Crippen molar-refractivity contribution in [3.05, 3.63) is 42.1 Å². The van der Waals surface area contributed by atoms with Crippen LogP contribution in [0.4, 0.5) is 0 Å². The number of amides is 1. The Bertz CT molecular complexity index is 514. The Morgan fingerprint density at radius 1 is 1.50 bits per heavy atom. The first-order valence-corrected chi connectivity index (χ1v) is 6.44. The molecule has 0 bridgehead atoms. The molecule has 0 aliphatic carbocycles. The van der Waals surface area contributed by atoms with Gasteiger partial charge in [-0.25, -0.2) is 9.97 Å². The molecule has 5 nitrogen and oxygen atoms in total. The highest BCUT2D eigenvalue weighted by Crippen LogP contribution is 2.11.